The van der Waals surface area contributed by atoms with E-state index in [1.165, 1.54) is 6.34 Å². The van der Waals surface area contributed by atoms with Gasteiger partial charge in [-0.25, -0.2) is 4.99 Å². The average molecular weight is 281 g/mol. The summed E-state index contributed by atoms with van der Waals surface area (Å²) in [5.74, 6) is -0.0880. The molecule has 1 N–H and O–H groups in total. The zero-order valence-corrected chi connectivity index (χ0v) is 5.61. The smallest absolute Gasteiger partial charge is 0.266 e. The Hall–Kier alpha value is -0.120. The predicted octanol–water partition coefficient (Wildman–Crippen LogP) is -0.858. The SMILES string of the molecule is O=C1CNC=N1.[Au]. The minimum absolute atomic E-state index is 0. The van der Waals surface area contributed by atoms with Crippen molar-refractivity contribution in [3.63, 3.8) is 0 Å². The van der Waals surface area contributed by atoms with Gasteiger partial charge in [0.25, 0.3) is 5.91 Å². The van der Waals surface area contributed by atoms with Gasteiger partial charge in [-0.15, -0.1) is 0 Å². The van der Waals surface area contributed by atoms with Crippen molar-refractivity contribution in [2.75, 3.05) is 6.54 Å². The van der Waals surface area contributed by atoms with Crippen LogP contribution < -0.4 is 5.32 Å². The Morgan fingerprint density at radius 1 is 1.86 bits per heavy atom. The maximum absolute atomic E-state index is 9.98. The molecule has 0 saturated heterocycles. The van der Waals surface area contributed by atoms with Gasteiger partial charge in [-0.3, -0.25) is 4.79 Å². The van der Waals surface area contributed by atoms with Crippen LogP contribution in [-0.2, 0) is 27.2 Å². The molecule has 0 unspecified atom stereocenters. The standard InChI is InChI=1S/C3H4N2O.Au/c6-3-1-4-2-5-3;/h2H,1H2,(H,4,5,6);. The van der Waals surface area contributed by atoms with Crippen molar-refractivity contribution in [2.24, 2.45) is 4.99 Å². The van der Waals surface area contributed by atoms with Gasteiger partial charge in [-0.1, -0.05) is 0 Å². The third-order valence-corrected chi connectivity index (χ3v) is 0.553. The van der Waals surface area contributed by atoms with Crippen LogP contribution >= 0.6 is 0 Å². The van der Waals surface area contributed by atoms with Crippen molar-refractivity contribution in [1.82, 2.24) is 5.32 Å². The molecule has 0 aromatic heterocycles. The van der Waals surface area contributed by atoms with Crippen molar-refractivity contribution in [1.29, 1.82) is 0 Å². The molecule has 0 aliphatic carbocycles. The zero-order chi connectivity index (χ0) is 4.41. The Morgan fingerprint density at radius 2 is 2.57 bits per heavy atom. The van der Waals surface area contributed by atoms with Gasteiger partial charge < -0.3 is 5.32 Å². The van der Waals surface area contributed by atoms with Gasteiger partial charge in [0.15, 0.2) is 0 Å². The van der Waals surface area contributed by atoms with Gasteiger partial charge >= 0.3 is 0 Å². The number of carbonyl (C=O) groups is 1. The first-order valence-electron chi connectivity index (χ1n) is 1.68. The molecule has 1 heterocycles. The molecule has 0 bridgehead atoms. The summed E-state index contributed by atoms with van der Waals surface area (Å²) in [6, 6.07) is 0. The van der Waals surface area contributed by atoms with Gasteiger partial charge in [0.2, 0.25) is 0 Å². The molecule has 0 fully saturated rings. The molecule has 0 aromatic rings. The second kappa shape index (κ2) is 2.96. The van der Waals surface area contributed by atoms with E-state index in [1.54, 1.807) is 0 Å². The molecule has 1 rings (SSSR count). The van der Waals surface area contributed by atoms with Gasteiger partial charge in [0.1, 0.15) is 0 Å². The number of aliphatic imine (C=N–C) groups is 1. The number of carbonyl (C=O) groups excluding carboxylic acids is 1. The predicted molar refractivity (Wildman–Crippen MR) is 21.5 cm³/mol. The van der Waals surface area contributed by atoms with E-state index in [0.717, 1.165) is 0 Å². The van der Waals surface area contributed by atoms with Crippen LogP contribution in [-0.4, -0.2) is 18.8 Å². The van der Waals surface area contributed by atoms with E-state index >= 15 is 0 Å². The maximum Gasteiger partial charge on any atom is 0.266 e. The number of amides is 1. The molecular weight excluding hydrogens is 277 g/mol. The van der Waals surface area contributed by atoms with E-state index in [1.807, 2.05) is 0 Å². The normalized spacial score (nSPS) is 15.7. The number of hydrogen-bond donors (Lipinski definition) is 1. The van der Waals surface area contributed by atoms with E-state index in [4.69, 9.17) is 0 Å². The number of nitrogens with zero attached hydrogens (tertiary/aromatic N) is 1. The minimum atomic E-state index is -0.0880. The van der Waals surface area contributed by atoms with Crippen LogP contribution in [0.1, 0.15) is 0 Å². The van der Waals surface area contributed by atoms with E-state index in [2.05, 4.69) is 10.3 Å². The molecule has 0 saturated carbocycles. The quantitative estimate of drug-likeness (QED) is 0.587. The van der Waals surface area contributed by atoms with Crippen molar-refractivity contribution in [2.45, 2.75) is 0 Å². The van der Waals surface area contributed by atoms with Crippen molar-refractivity contribution >= 4 is 12.2 Å². The molecule has 0 aromatic carbocycles. The molecular formula is C3H4AuN2O. The maximum atomic E-state index is 9.98. The molecule has 43 valence electrons. The summed E-state index contributed by atoms with van der Waals surface area (Å²) in [6.45, 7) is 0.375. The first-order chi connectivity index (χ1) is 2.89. The fourth-order valence-corrected chi connectivity index (χ4v) is 0.296. The van der Waals surface area contributed by atoms with E-state index in [-0.39, 0.29) is 28.3 Å². The summed E-state index contributed by atoms with van der Waals surface area (Å²) in [5, 5.41) is 2.63. The molecule has 3 nitrogen and oxygen atoms in total. The van der Waals surface area contributed by atoms with Crippen LogP contribution in [0.5, 0.6) is 0 Å². The minimum Gasteiger partial charge on any atom is -0.367 e. The van der Waals surface area contributed by atoms with Crippen LogP contribution in [0.2, 0.25) is 0 Å². The Labute approximate surface area is 56.7 Å². The average Bonchev–Trinajstić information content (AvgIpc) is 1.86. The van der Waals surface area contributed by atoms with E-state index in [0.29, 0.717) is 6.54 Å². The van der Waals surface area contributed by atoms with Crippen molar-refractivity contribution in [3.05, 3.63) is 0 Å². The number of nitrogens with one attached hydrogen (secondary N) is 1. The summed E-state index contributed by atoms with van der Waals surface area (Å²) in [4.78, 5) is 13.3. The fourth-order valence-electron chi connectivity index (χ4n) is 0.296. The van der Waals surface area contributed by atoms with Gasteiger partial charge in [-0.05, 0) is 0 Å². The van der Waals surface area contributed by atoms with Crippen LogP contribution in [0.15, 0.2) is 4.99 Å². The largest absolute Gasteiger partial charge is 0.367 e. The van der Waals surface area contributed by atoms with E-state index < -0.39 is 0 Å². The van der Waals surface area contributed by atoms with Crippen LogP contribution in [0, 0.1) is 0 Å². The van der Waals surface area contributed by atoms with Gasteiger partial charge in [-0.2, -0.15) is 0 Å². The molecule has 1 aliphatic rings. The Morgan fingerprint density at radius 3 is 2.71 bits per heavy atom. The Bertz CT molecular complexity index is 101. The summed E-state index contributed by atoms with van der Waals surface area (Å²) in [6.07, 6.45) is 1.41. The van der Waals surface area contributed by atoms with Crippen LogP contribution in [0.3, 0.4) is 0 Å². The molecule has 1 amide bonds. The molecule has 1 radical (unpaired) electrons. The fraction of sp³-hybridized carbons (Fsp3) is 0.333. The molecule has 0 spiro atoms. The van der Waals surface area contributed by atoms with Gasteiger partial charge in [0, 0.05) is 22.4 Å². The zero-order valence-electron chi connectivity index (χ0n) is 3.44. The summed E-state index contributed by atoms with van der Waals surface area (Å²) >= 11 is 0. The third kappa shape index (κ3) is 1.87. The third-order valence-electron chi connectivity index (χ3n) is 0.553. The van der Waals surface area contributed by atoms with E-state index in [9.17, 15) is 4.79 Å². The van der Waals surface area contributed by atoms with Crippen LogP contribution in [0.25, 0.3) is 0 Å². The monoisotopic (exact) mass is 281 g/mol. The van der Waals surface area contributed by atoms with Crippen molar-refractivity contribution < 1.29 is 27.2 Å². The first kappa shape index (κ1) is 6.88. The Kier molecular flexibility index (Phi) is 2.91. The van der Waals surface area contributed by atoms with Crippen molar-refractivity contribution in [3.8, 4) is 0 Å². The topological polar surface area (TPSA) is 41.5 Å². The van der Waals surface area contributed by atoms with Gasteiger partial charge in [0.05, 0.1) is 12.9 Å². The van der Waals surface area contributed by atoms with Crippen LogP contribution in [0.4, 0.5) is 0 Å². The Balaban J connectivity index is 0.000000360. The summed E-state index contributed by atoms with van der Waals surface area (Å²) in [5.41, 5.74) is 0. The molecule has 4 heteroatoms. The second-order valence-corrected chi connectivity index (χ2v) is 1.03. The number of hydrogen-bond acceptors (Lipinski definition) is 2. The molecule has 7 heavy (non-hydrogen) atoms. The summed E-state index contributed by atoms with van der Waals surface area (Å²) in [7, 11) is 0. The first-order valence-corrected chi connectivity index (χ1v) is 1.68. The number of rotatable bonds is 0. The second-order valence-electron chi connectivity index (χ2n) is 1.03. The summed E-state index contributed by atoms with van der Waals surface area (Å²) < 4.78 is 0. The molecule has 1 aliphatic heterocycles. The molecule has 0 atom stereocenters.